The number of rotatable bonds is 2. The lowest BCUT2D eigenvalue weighted by Gasteiger charge is -2.12. The van der Waals surface area contributed by atoms with E-state index in [1.165, 1.54) is 0 Å². The molecule has 0 spiro atoms. The van der Waals surface area contributed by atoms with Crippen LogP contribution in [0.25, 0.3) is 17.7 Å². The van der Waals surface area contributed by atoms with Gasteiger partial charge in [0.15, 0.2) is 0 Å². The van der Waals surface area contributed by atoms with Crippen molar-refractivity contribution in [3.05, 3.63) is 76.4 Å². The molecule has 0 radical (unpaired) electrons. The maximum Gasteiger partial charge on any atom is 0.335 e. The summed E-state index contributed by atoms with van der Waals surface area (Å²) in [4.78, 5) is 11.2. The first kappa shape index (κ1) is 13.7. The highest BCUT2D eigenvalue weighted by Gasteiger charge is 2.16. The van der Waals surface area contributed by atoms with Crippen LogP contribution in [0.3, 0.4) is 0 Å². The average molecular weight is 297 g/mol. The second kappa shape index (κ2) is 5.58. The molecule has 2 aromatic carbocycles. The Morgan fingerprint density at radius 3 is 2.48 bits per heavy atom. The summed E-state index contributed by atoms with van der Waals surface area (Å²) in [5.41, 5.74) is 5.31. The fourth-order valence-corrected chi connectivity index (χ4v) is 2.73. The fraction of sp³-hybridized carbons (Fsp3) is 0.0556. The van der Waals surface area contributed by atoms with E-state index in [-0.39, 0.29) is 5.56 Å². The molecule has 0 atom stereocenters. The molecule has 0 bridgehead atoms. The van der Waals surface area contributed by atoms with Crippen molar-refractivity contribution in [2.45, 2.75) is 0 Å². The Labute approximate surface area is 128 Å². The van der Waals surface area contributed by atoms with Crippen molar-refractivity contribution >= 4 is 35.3 Å². The van der Waals surface area contributed by atoms with Gasteiger partial charge < -0.3 is 5.11 Å². The van der Waals surface area contributed by atoms with Crippen molar-refractivity contribution in [3.8, 4) is 0 Å². The molecule has 0 aromatic heterocycles. The number of aromatic carboxylic acids is 1. The number of hydrogen-bond acceptors (Lipinski definition) is 1. The number of hydrogen-bond donors (Lipinski definition) is 1. The smallest absolute Gasteiger partial charge is 0.335 e. The zero-order chi connectivity index (χ0) is 14.8. The van der Waals surface area contributed by atoms with Gasteiger partial charge in [0.2, 0.25) is 0 Å². The van der Waals surface area contributed by atoms with Crippen molar-refractivity contribution in [1.29, 1.82) is 0 Å². The first-order chi connectivity index (χ1) is 10.2. The maximum atomic E-state index is 11.2. The molecule has 2 aromatic rings. The number of fused-ring (bicyclic) bond motifs is 2. The summed E-state index contributed by atoms with van der Waals surface area (Å²) in [6.45, 7) is 0. The summed E-state index contributed by atoms with van der Waals surface area (Å²) in [7, 11) is 0. The Balaban J connectivity index is 2.29. The number of benzene rings is 2. The van der Waals surface area contributed by atoms with Gasteiger partial charge in [-0.1, -0.05) is 48.6 Å². The lowest BCUT2D eigenvalue weighted by atomic mass is 9.92. The summed E-state index contributed by atoms with van der Waals surface area (Å²) < 4.78 is 0. The molecule has 0 aliphatic heterocycles. The van der Waals surface area contributed by atoms with Gasteiger partial charge in [-0.15, -0.1) is 11.6 Å². The van der Waals surface area contributed by atoms with Crippen LogP contribution in [0.4, 0.5) is 0 Å². The Hall–Kier alpha value is -2.32. The largest absolute Gasteiger partial charge is 0.478 e. The molecule has 1 aliphatic carbocycles. The number of alkyl halides is 1. The predicted molar refractivity (Wildman–Crippen MR) is 86.6 cm³/mol. The molecular formula is C18H13ClO2. The third-order valence-electron chi connectivity index (χ3n) is 3.57. The molecule has 3 rings (SSSR count). The summed E-state index contributed by atoms with van der Waals surface area (Å²) >= 11 is 5.91. The molecule has 21 heavy (non-hydrogen) atoms. The van der Waals surface area contributed by atoms with Gasteiger partial charge in [-0.25, -0.2) is 4.79 Å². The monoisotopic (exact) mass is 296 g/mol. The van der Waals surface area contributed by atoms with Crippen molar-refractivity contribution in [3.63, 3.8) is 0 Å². The number of carboxylic acid groups (broad SMARTS) is 1. The molecule has 0 saturated carbocycles. The number of halogens is 1. The summed E-state index contributed by atoms with van der Waals surface area (Å²) in [5, 5.41) is 9.20. The third kappa shape index (κ3) is 2.50. The van der Waals surface area contributed by atoms with Gasteiger partial charge in [0.25, 0.3) is 0 Å². The minimum Gasteiger partial charge on any atom is -0.478 e. The van der Waals surface area contributed by atoms with Crippen LogP contribution >= 0.6 is 11.6 Å². The molecule has 0 fully saturated rings. The Morgan fingerprint density at radius 2 is 1.76 bits per heavy atom. The van der Waals surface area contributed by atoms with E-state index < -0.39 is 5.97 Å². The molecule has 0 amide bonds. The van der Waals surface area contributed by atoms with Crippen LogP contribution in [0.2, 0.25) is 0 Å². The van der Waals surface area contributed by atoms with Crippen LogP contribution in [0.1, 0.15) is 32.6 Å². The summed E-state index contributed by atoms with van der Waals surface area (Å²) in [5.74, 6) is -0.551. The van der Waals surface area contributed by atoms with Gasteiger partial charge in [-0.3, -0.25) is 0 Å². The van der Waals surface area contributed by atoms with E-state index in [4.69, 9.17) is 11.6 Å². The molecule has 2 nitrogen and oxygen atoms in total. The summed E-state index contributed by atoms with van der Waals surface area (Å²) in [6, 6.07) is 13.2. The Bertz CT molecular complexity index is 773. The minimum atomic E-state index is -0.926. The average Bonchev–Trinajstić information content (AvgIpc) is 2.65. The van der Waals surface area contributed by atoms with Crippen molar-refractivity contribution in [2.75, 3.05) is 5.88 Å². The zero-order valence-corrected chi connectivity index (χ0v) is 12.0. The number of allylic oxidation sites excluding steroid dienone is 1. The number of carbonyl (C=O) groups is 1. The van der Waals surface area contributed by atoms with E-state index in [1.54, 1.807) is 12.1 Å². The van der Waals surface area contributed by atoms with Crippen LogP contribution < -0.4 is 0 Å². The van der Waals surface area contributed by atoms with E-state index in [0.717, 1.165) is 27.8 Å². The quantitative estimate of drug-likeness (QED) is 0.705. The molecule has 0 heterocycles. The van der Waals surface area contributed by atoms with E-state index in [9.17, 15) is 9.90 Å². The lowest BCUT2D eigenvalue weighted by Crippen LogP contribution is -2.00. The molecule has 3 heteroatoms. The lowest BCUT2D eigenvalue weighted by molar-refractivity contribution is 0.0697. The van der Waals surface area contributed by atoms with Crippen LogP contribution in [-0.4, -0.2) is 17.0 Å². The van der Waals surface area contributed by atoms with Crippen LogP contribution in [0, 0.1) is 0 Å². The second-order valence-electron chi connectivity index (χ2n) is 4.80. The Kier molecular flexibility index (Phi) is 3.63. The van der Waals surface area contributed by atoms with Crippen LogP contribution in [0.5, 0.6) is 0 Å². The highest BCUT2D eigenvalue weighted by Crippen LogP contribution is 2.34. The molecule has 104 valence electrons. The van der Waals surface area contributed by atoms with Gasteiger partial charge >= 0.3 is 5.97 Å². The van der Waals surface area contributed by atoms with Crippen LogP contribution in [-0.2, 0) is 0 Å². The fourth-order valence-electron chi connectivity index (χ4n) is 2.58. The first-order valence-electron chi connectivity index (χ1n) is 6.62. The van der Waals surface area contributed by atoms with Gasteiger partial charge in [0, 0.05) is 5.88 Å². The third-order valence-corrected chi connectivity index (χ3v) is 3.72. The zero-order valence-electron chi connectivity index (χ0n) is 11.2. The predicted octanol–water partition coefficient (Wildman–Crippen LogP) is 4.54. The van der Waals surface area contributed by atoms with Gasteiger partial charge in [-0.2, -0.15) is 0 Å². The maximum absolute atomic E-state index is 11.2. The van der Waals surface area contributed by atoms with Gasteiger partial charge in [0.05, 0.1) is 5.56 Å². The minimum absolute atomic E-state index is 0.280. The van der Waals surface area contributed by atoms with Gasteiger partial charge in [0.1, 0.15) is 0 Å². The van der Waals surface area contributed by atoms with Crippen molar-refractivity contribution in [1.82, 2.24) is 0 Å². The van der Waals surface area contributed by atoms with E-state index in [1.807, 2.05) is 48.6 Å². The highest BCUT2D eigenvalue weighted by atomic mass is 35.5. The Morgan fingerprint density at radius 1 is 1.05 bits per heavy atom. The van der Waals surface area contributed by atoms with E-state index in [0.29, 0.717) is 5.88 Å². The van der Waals surface area contributed by atoms with E-state index in [2.05, 4.69) is 0 Å². The SMILES string of the molecule is O=C(O)c1ccc2c(c1)/C(=C/CCl)c1ccccc1C=C2. The van der Waals surface area contributed by atoms with Gasteiger partial charge in [-0.05, 0) is 40.0 Å². The standard InChI is InChI=1S/C18H13ClO2/c19-10-9-16-15-4-2-1-3-12(15)5-6-13-7-8-14(18(20)21)11-17(13)16/h1-9,11H,10H2,(H,20,21)/b16-9+. The highest BCUT2D eigenvalue weighted by molar-refractivity contribution is 6.19. The second-order valence-corrected chi connectivity index (χ2v) is 5.11. The topological polar surface area (TPSA) is 37.3 Å². The molecule has 1 N–H and O–H groups in total. The normalized spacial score (nSPS) is 14.4. The van der Waals surface area contributed by atoms with E-state index >= 15 is 0 Å². The molecular weight excluding hydrogens is 284 g/mol. The molecule has 1 aliphatic rings. The first-order valence-corrected chi connectivity index (χ1v) is 7.15. The molecule has 0 unspecified atom stereocenters. The van der Waals surface area contributed by atoms with Crippen LogP contribution in [0.15, 0.2) is 48.5 Å². The van der Waals surface area contributed by atoms with Crippen molar-refractivity contribution in [2.24, 2.45) is 0 Å². The molecule has 0 saturated heterocycles. The number of carboxylic acids is 1. The summed E-state index contributed by atoms with van der Waals surface area (Å²) in [6.07, 6.45) is 5.98. The van der Waals surface area contributed by atoms with Crippen molar-refractivity contribution < 1.29 is 9.90 Å².